The van der Waals surface area contributed by atoms with Crippen LogP contribution in [0, 0.1) is 13.8 Å². The highest BCUT2D eigenvalue weighted by molar-refractivity contribution is 6.05. The predicted molar refractivity (Wildman–Crippen MR) is 176 cm³/mol. The number of hydrogen-bond acceptors (Lipinski definition) is 9. The molecular formula is C35H37N7O5. The van der Waals surface area contributed by atoms with Gasteiger partial charge in [0.05, 0.1) is 25.9 Å². The van der Waals surface area contributed by atoms with E-state index < -0.39 is 0 Å². The molecule has 12 nitrogen and oxygen atoms in total. The van der Waals surface area contributed by atoms with Crippen molar-refractivity contribution >= 4 is 16.8 Å². The lowest BCUT2D eigenvalue weighted by Crippen LogP contribution is -2.24. The number of aryl methyl sites for hydroxylation is 4. The number of ether oxygens (including phenoxy) is 3. The fourth-order valence-electron chi connectivity index (χ4n) is 5.45. The van der Waals surface area contributed by atoms with Crippen molar-refractivity contribution in [1.82, 2.24) is 34.8 Å². The molecule has 0 fully saturated rings. The maximum Gasteiger partial charge on any atom is 0.272 e. The molecule has 0 unspecified atom stereocenters. The molecule has 6 aromatic rings. The maximum atomic E-state index is 13.7. The van der Waals surface area contributed by atoms with E-state index in [1.165, 1.54) is 0 Å². The highest BCUT2D eigenvalue weighted by Gasteiger charge is 2.27. The number of methoxy groups -OCH3 is 2. The van der Waals surface area contributed by atoms with Crippen molar-refractivity contribution < 1.29 is 23.4 Å². The minimum Gasteiger partial charge on any atom is -0.497 e. The average molecular weight is 636 g/mol. The lowest BCUT2D eigenvalue weighted by Gasteiger charge is -2.11. The largest absolute Gasteiger partial charge is 0.497 e. The maximum absolute atomic E-state index is 13.7. The van der Waals surface area contributed by atoms with Crippen LogP contribution in [0.25, 0.3) is 28.3 Å². The van der Waals surface area contributed by atoms with E-state index in [1.54, 1.807) is 31.2 Å². The summed E-state index contributed by atoms with van der Waals surface area (Å²) in [6.45, 7) is 8.94. The number of oxazole rings is 1. The van der Waals surface area contributed by atoms with E-state index in [0.717, 1.165) is 22.5 Å². The molecule has 12 heteroatoms. The highest BCUT2D eigenvalue weighted by atomic mass is 16.5. The SMILES string of the molecule is CCc1oc(-c2c(OCc3ccccc3)c(C)nn2CC)nc1-n1nc(C(=O)NCc2ccc(OC)cc2OC)c2cc(C)ncc21. The lowest BCUT2D eigenvalue weighted by atomic mass is 10.1. The smallest absolute Gasteiger partial charge is 0.272 e. The first kappa shape index (κ1) is 31.3. The van der Waals surface area contributed by atoms with Crippen molar-refractivity contribution in [3.8, 4) is 34.7 Å². The summed E-state index contributed by atoms with van der Waals surface area (Å²) in [5.41, 5.74) is 4.81. The Bertz CT molecular complexity index is 2040. The Kier molecular flexibility index (Phi) is 8.92. The first-order valence-corrected chi connectivity index (χ1v) is 15.4. The van der Waals surface area contributed by atoms with Crippen LogP contribution in [0.4, 0.5) is 0 Å². The average Bonchev–Trinajstić information content (AvgIpc) is 3.78. The van der Waals surface area contributed by atoms with E-state index >= 15 is 0 Å². The van der Waals surface area contributed by atoms with E-state index in [1.807, 2.05) is 80.9 Å². The minimum absolute atomic E-state index is 0.227. The zero-order chi connectivity index (χ0) is 33.1. The van der Waals surface area contributed by atoms with Gasteiger partial charge in [0, 0.05) is 42.2 Å². The number of carbonyl (C=O) groups is 1. The van der Waals surface area contributed by atoms with Crippen LogP contribution in [0.15, 0.2) is 65.2 Å². The number of amides is 1. The molecule has 1 amide bonds. The second-order valence-electron chi connectivity index (χ2n) is 10.9. The van der Waals surface area contributed by atoms with Crippen LogP contribution < -0.4 is 19.5 Å². The second-order valence-corrected chi connectivity index (χ2v) is 10.9. The zero-order valence-corrected chi connectivity index (χ0v) is 27.3. The van der Waals surface area contributed by atoms with Gasteiger partial charge < -0.3 is 23.9 Å². The molecule has 0 aliphatic rings. The molecule has 0 aliphatic heterocycles. The molecule has 0 saturated carbocycles. The number of pyridine rings is 1. The molecule has 2 aromatic carbocycles. The fourth-order valence-corrected chi connectivity index (χ4v) is 5.45. The molecule has 242 valence electrons. The Balaban J connectivity index is 1.37. The molecule has 1 N–H and O–H groups in total. The highest BCUT2D eigenvalue weighted by Crippen LogP contribution is 2.36. The Morgan fingerprint density at radius 1 is 1.00 bits per heavy atom. The molecule has 4 heterocycles. The number of benzene rings is 2. The normalized spacial score (nSPS) is 11.2. The monoisotopic (exact) mass is 635 g/mol. The summed E-state index contributed by atoms with van der Waals surface area (Å²) < 4.78 is 26.9. The van der Waals surface area contributed by atoms with Crippen LogP contribution in [0.5, 0.6) is 17.2 Å². The van der Waals surface area contributed by atoms with Gasteiger partial charge in [-0.2, -0.15) is 15.2 Å². The number of carbonyl (C=O) groups excluding carboxylic acids is 1. The van der Waals surface area contributed by atoms with Crippen LogP contribution >= 0.6 is 0 Å². The quantitative estimate of drug-likeness (QED) is 0.172. The van der Waals surface area contributed by atoms with Crippen molar-refractivity contribution in [1.29, 1.82) is 0 Å². The molecule has 0 spiro atoms. The van der Waals surface area contributed by atoms with Gasteiger partial charge in [-0.25, -0.2) is 4.68 Å². The van der Waals surface area contributed by atoms with Crippen LogP contribution in [-0.4, -0.2) is 49.7 Å². The molecule has 0 saturated heterocycles. The number of aromatic nitrogens is 6. The van der Waals surface area contributed by atoms with Gasteiger partial charge in [-0.3, -0.25) is 14.5 Å². The van der Waals surface area contributed by atoms with Gasteiger partial charge in [0.25, 0.3) is 11.8 Å². The van der Waals surface area contributed by atoms with E-state index in [-0.39, 0.29) is 18.1 Å². The summed E-state index contributed by atoms with van der Waals surface area (Å²) in [4.78, 5) is 23.1. The number of nitrogens with zero attached hydrogens (tertiary/aromatic N) is 6. The number of nitrogens with one attached hydrogen (secondary N) is 1. The van der Waals surface area contributed by atoms with E-state index in [2.05, 4.69) is 10.3 Å². The van der Waals surface area contributed by atoms with Crippen molar-refractivity contribution in [2.75, 3.05) is 14.2 Å². The molecule has 0 radical (unpaired) electrons. The Morgan fingerprint density at radius 2 is 1.81 bits per heavy atom. The van der Waals surface area contributed by atoms with E-state index in [9.17, 15) is 4.79 Å². The van der Waals surface area contributed by atoms with Gasteiger partial charge in [-0.1, -0.05) is 37.3 Å². The standard InChI is InChI=1S/C35H37N7O5/c1-7-28-33(38-35(47-28)31-32(22(4)39-41(31)8-2)46-20-23-12-10-9-11-13-23)42-27-19-36-21(3)16-26(27)30(40-42)34(43)37-18-24-14-15-25(44-5)17-29(24)45-6/h9-17,19H,7-8,18,20H2,1-6H3,(H,37,43). The summed E-state index contributed by atoms with van der Waals surface area (Å²) in [6, 6.07) is 17.2. The summed E-state index contributed by atoms with van der Waals surface area (Å²) in [5, 5.41) is 13.1. The summed E-state index contributed by atoms with van der Waals surface area (Å²) in [7, 11) is 3.17. The summed E-state index contributed by atoms with van der Waals surface area (Å²) in [5.74, 6) is 2.92. The molecule has 4 aromatic heterocycles. The third-order valence-corrected chi connectivity index (χ3v) is 7.85. The van der Waals surface area contributed by atoms with Gasteiger partial charge in [-0.15, -0.1) is 0 Å². The topological polar surface area (TPSA) is 131 Å². The first-order chi connectivity index (χ1) is 22.8. The first-order valence-electron chi connectivity index (χ1n) is 15.4. The number of hydrogen-bond donors (Lipinski definition) is 1. The molecule has 47 heavy (non-hydrogen) atoms. The lowest BCUT2D eigenvalue weighted by molar-refractivity contribution is 0.0947. The van der Waals surface area contributed by atoms with Crippen molar-refractivity contribution in [2.24, 2.45) is 0 Å². The van der Waals surface area contributed by atoms with E-state index in [4.69, 9.17) is 33.8 Å². The van der Waals surface area contributed by atoms with Gasteiger partial charge >= 0.3 is 0 Å². The van der Waals surface area contributed by atoms with Crippen molar-refractivity contribution in [2.45, 2.75) is 53.8 Å². The van der Waals surface area contributed by atoms with Crippen LogP contribution in [0.3, 0.4) is 0 Å². The summed E-state index contributed by atoms with van der Waals surface area (Å²) in [6.07, 6.45) is 2.23. The Labute approximate surface area is 272 Å². The van der Waals surface area contributed by atoms with Crippen LogP contribution in [0.1, 0.15) is 52.6 Å². The fraction of sp³-hybridized carbons (Fsp3) is 0.286. The Hall–Kier alpha value is -5.65. The number of fused-ring (bicyclic) bond motifs is 1. The van der Waals surface area contributed by atoms with Gasteiger partial charge in [-0.05, 0) is 44.5 Å². The second kappa shape index (κ2) is 13.4. The van der Waals surface area contributed by atoms with E-state index in [0.29, 0.717) is 70.9 Å². The predicted octanol–water partition coefficient (Wildman–Crippen LogP) is 6.00. The van der Waals surface area contributed by atoms with Gasteiger partial charge in [0.2, 0.25) is 0 Å². The molecule has 6 rings (SSSR count). The Morgan fingerprint density at radius 3 is 2.53 bits per heavy atom. The number of rotatable bonds is 12. The zero-order valence-electron chi connectivity index (χ0n) is 27.3. The molecule has 0 aliphatic carbocycles. The third kappa shape index (κ3) is 6.14. The summed E-state index contributed by atoms with van der Waals surface area (Å²) >= 11 is 0. The third-order valence-electron chi connectivity index (χ3n) is 7.85. The molecule has 0 atom stereocenters. The van der Waals surface area contributed by atoms with Crippen LogP contribution in [-0.2, 0) is 26.1 Å². The molecular weight excluding hydrogens is 598 g/mol. The van der Waals surface area contributed by atoms with Gasteiger partial charge in [0.1, 0.15) is 23.8 Å². The van der Waals surface area contributed by atoms with Crippen molar-refractivity contribution in [3.05, 3.63) is 94.8 Å². The van der Waals surface area contributed by atoms with Gasteiger partial charge in [0.15, 0.2) is 28.7 Å². The van der Waals surface area contributed by atoms with Crippen molar-refractivity contribution in [3.63, 3.8) is 0 Å². The van der Waals surface area contributed by atoms with Crippen LogP contribution in [0.2, 0.25) is 0 Å². The molecule has 0 bridgehead atoms. The minimum atomic E-state index is -0.352.